The predicted molar refractivity (Wildman–Crippen MR) is 84.6 cm³/mol. The molecule has 6 heteroatoms. The predicted octanol–water partition coefficient (Wildman–Crippen LogP) is 2.15. The van der Waals surface area contributed by atoms with E-state index in [-0.39, 0.29) is 6.10 Å². The molecule has 1 aromatic carbocycles. The highest BCUT2D eigenvalue weighted by atomic mass is 32.2. The van der Waals surface area contributed by atoms with Crippen LogP contribution in [-0.2, 0) is 10.0 Å². The van der Waals surface area contributed by atoms with Crippen LogP contribution in [0.2, 0.25) is 0 Å². The summed E-state index contributed by atoms with van der Waals surface area (Å²) in [6, 6.07) is 12.9. The lowest BCUT2D eigenvalue weighted by molar-refractivity contribution is 0.0768. The van der Waals surface area contributed by atoms with Gasteiger partial charge in [-0.25, -0.2) is 8.42 Å². The first-order valence-electron chi connectivity index (χ1n) is 6.93. The number of nitrogens with zero attached hydrogens (tertiary/aromatic N) is 2. The molecule has 0 spiro atoms. The van der Waals surface area contributed by atoms with Crippen LogP contribution < -0.4 is 4.74 Å². The zero-order chi connectivity index (χ0) is 15.4. The van der Waals surface area contributed by atoms with Crippen LogP contribution in [0.3, 0.4) is 0 Å². The van der Waals surface area contributed by atoms with Crippen LogP contribution in [0.1, 0.15) is 5.56 Å². The van der Waals surface area contributed by atoms with Gasteiger partial charge >= 0.3 is 0 Å². The molecule has 0 amide bonds. The minimum Gasteiger partial charge on any atom is -0.486 e. The van der Waals surface area contributed by atoms with Crippen LogP contribution in [-0.4, -0.2) is 36.9 Å². The molecule has 5 nitrogen and oxygen atoms in total. The van der Waals surface area contributed by atoms with Crippen molar-refractivity contribution in [3.63, 3.8) is 0 Å². The van der Waals surface area contributed by atoms with Crippen molar-refractivity contribution in [2.75, 3.05) is 13.1 Å². The Hall–Kier alpha value is -2.18. The maximum Gasteiger partial charge on any atom is 0.236 e. The fraction of sp³-hybridized carbons (Fsp3) is 0.188. The molecule has 0 bridgehead atoms. The Bertz CT molecular complexity index is 739. The Morgan fingerprint density at radius 3 is 2.59 bits per heavy atom. The highest BCUT2D eigenvalue weighted by Crippen LogP contribution is 2.20. The summed E-state index contributed by atoms with van der Waals surface area (Å²) in [7, 11) is -3.39. The molecule has 1 aliphatic rings. The van der Waals surface area contributed by atoms with E-state index in [1.807, 2.05) is 30.3 Å². The standard InChI is InChI=1S/C16H16N2O3S/c19-22(20,10-8-14-5-2-1-3-6-14)18-12-16(13-18)21-15-7-4-9-17-11-15/h1-11,16H,12-13H2. The summed E-state index contributed by atoms with van der Waals surface area (Å²) >= 11 is 0. The highest BCUT2D eigenvalue weighted by Gasteiger charge is 2.35. The SMILES string of the molecule is O=S(=O)(C=Cc1ccccc1)N1CC(Oc2cccnc2)C1. The summed E-state index contributed by atoms with van der Waals surface area (Å²) in [4.78, 5) is 3.96. The van der Waals surface area contributed by atoms with E-state index in [4.69, 9.17) is 4.74 Å². The van der Waals surface area contributed by atoms with Gasteiger partial charge in [-0.05, 0) is 23.8 Å². The third-order valence-electron chi connectivity index (χ3n) is 3.34. The van der Waals surface area contributed by atoms with E-state index in [0.717, 1.165) is 5.56 Å². The maximum absolute atomic E-state index is 12.2. The molecule has 0 atom stereocenters. The van der Waals surface area contributed by atoms with Crippen molar-refractivity contribution >= 4 is 16.1 Å². The second kappa shape index (κ2) is 6.29. The van der Waals surface area contributed by atoms with E-state index in [1.165, 1.54) is 9.71 Å². The van der Waals surface area contributed by atoms with E-state index >= 15 is 0 Å². The molecule has 2 heterocycles. The lowest BCUT2D eigenvalue weighted by Crippen LogP contribution is -2.55. The Morgan fingerprint density at radius 2 is 1.91 bits per heavy atom. The van der Waals surface area contributed by atoms with Crippen molar-refractivity contribution in [1.29, 1.82) is 0 Å². The summed E-state index contributed by atoms with van der Waals surface area (Å²) in [6.07, 6.45) is 4.76. The number of benzene rings is 1. The Labute approximate surface area is 129 Å². The van der Waals surface area contributed by atoms with Gasteiger partial charge in [0, 0.05) is 11.6 Å². The number of pyridine rings is 1. The van der Waals surface area contributed by atoms with Gasteiger partial charge in [0.2, 0.25) is 10.0 Å². The van der Waals surface area contributed by atoms with Crippen LogP contribution in [0.4, 0.5) is 0 Å². The van der Waals surface area contributed by atoms with Gasteiger partial charge in [0.15, 0.2) is 0 Å². The molecule has 1 fully saturated rings. The van der Waals surface area contributed by atoms with Gasteiger partial charge in [-0.1, -0.05) is 30.3 Å². The fourth-order valence-corrected chi connectivity index (χ4v) is 3.36. The third-order valence-corrected chi connectivity index (χ3v) is 4.84. The monoisotopic (exact) mass is 316 g/mol. The molecular weight excluding hydrogens is 300 g/mol. The molecule has 0 radical (unpaired) electrons. The summed E-state index contributed by atoms with van der Waals surface area (Å²) < 4.78 is 31.4. The summed E-state index contributed by atoms with van der Waals surface area (Å²) in [5.74, 6) is 0.657. The van der Waals surface area contributed by atoms with E-state index in [0.29, 0.717) is 18.8 Å². The van der Waals surface area contributed by atoms with Crippen LogP contribution >= 0.6 is 0 Å². The molecule has 114 valence electrons. The average molecular weight is 316 g/mol. The zero-order valence-corrected chi connectivity index (χ0v) is 12.7. The first kappa shape index (κ1) is 14.7. The van der Waals surface area contributed by atoms with Gasteiger partial charge in [-0.3, -0.25) is 4.98 Å². The first-order valence-corrected chi connectivity index (χ1v) is 8.44. The number of sulfonamides is 1. The number of rotatable bonds is 5. The molecule has 1 aliphatic heterocycles. The molecule has 1 aromatic heterocycles. The van der Waals surface area contributed by atoms with Gasteiger partial charge in [-0.15, -0.1) is 0 Å². The van der Waals surface area contributed by atoms with Crippen molar-refractivity contribution in [2.45, 2.75) is 6.10 Å². The molecule has 2 aromatic rings. The normalized spacial score (nSPS) is 16.5. The maximum atomic E-state index is 12.2. The Kier molecular flexibility index (Phi) is 4.22. The Morgan fingerprint density at radius 1 is 1.14 bits per heavy atom. The van der Waals surface area contributed by atoms with Crippen molar-refractivity contribution < 1.29 is 13.2 Å². The van der Waals surface area contributed by atoms with Crippen LogP contribution in [0, 0.1) is 0 Å². The van der Waals surface area contributed by atoms with Gasteiger partial charge in [0.1, 0.15) is 11.9 Å². The van der Waals surface area contributed by atoms with E-state index in [1.54, 1.807) is 30.6 Å². The van der Waals surface area contributed by atoms with Crippen LogP contribution in [0.25, 0.3) is 6.08 Å². The van der Waals surface area contributed by atoms with Crippen LogP contribution in [0.15, 0.2) is 60.3 Å². The third kappa shape index (κ3) is 3.52. The van der Waals surface area contributed by atoms with Gasteiger partial charge < -0.3 is 4.74 Å². The van der Waals surface area contributed by atoms with Crippen molar-refractivity contribution in [2.24, 2.45) is 0 Å². The molecule has 22 heavy (non-hydrogen) atoms. The van der Waals surface area contributed by atoms with Crippen molar-refractivity contribution in [3.05, 3.63) is 65.8 Å². The first-order chi connectivity index (χ1) is 10.6. The van der Waals surface area contributed by atoms with Crippen molar-refractivity contribution in [1.82, 2.24) is 9.29 Å². The van der Waals surface area contributed by atoms with E-state index in [2.05, 4.69) is 4.98 Å². The van der Waals surface area contributed by atoms with Gasteiger partial charge in [0.05, 0.1) is 19.3 Å². The van der Waals surface area contributed by atoms with E-state index < -0.39 is 10.0 Å². The lowest BCUT2D eigenvalue weighted by Gasteiger charge is -2.36. The van der Waals surface area contributed by atoms with Gasteiger partial charge in [0.25, 0.3) is 0 Å². The van der Waals surface area contributed by atoms with Crippen molar-refractivity contribution in [3.8, 4) is 5.75 Å². The number of aromatic nitrogens is 1. The largest absolute Gasteiger partial charge is 0.486 e. The minimum atomic E-state index is -3.39. The van der Waals surface area contributed by atoms with E-state index in [9.17, 15) is 8.42 Å². The summed E-state index contributed by atoms with van der Waals surface area (Å²) in [5.41, 5.74) is 0.856. The second-order valence-electron chi connectivity index (χ2n) is 5.00. The topological polar surface area (TPSA) is 59.5 Å². The van der Waals surface area contributed by atoms with Crippen LogP contribution in [0.5, 0.6) is 5.75 Å². The molecule has 0 N–H and O–H groups in total. The second-order valence-corrected chi connectivity index (χ2v) is 6.82. The fourth-order valence-electron chi connectivity index (χ4n) is 2.11. The molecule has 1 saturated heterocycles. The highest BCUT2D eigenvalue weighted by molar-refractivity contribution is 7.92. The molecule has 3 rings (SSSR count). The van der Waals surface area contributed by atoms with Gasteiger partial charge in [-0.2, -0.15) is 4.31 Å². The Balaban J connectivity index is 1.56. The average Bonchev–Trinajstić information content (AvgIpc) is 2.50. The molecule has 0 unspecified atom stereocenters. The lowest BCUT2D eigenvalue weighted by atomic mass is 10.2. The quantitative estimate of drug-likeness (QED) is 0.848. The summed E-state index contributed by atoms with van der Waals surface area (Å²) in [6.45, 7) is 0.715. The molecular formula is C16H16N2O3S. The molecule has 0 saturated carbocycles. The summed E-state index contributed by atoms with van der Waals surface area (Å²) in [5, 5.41) is 1.24. The zero-order valence-electron chi connectivity index (χ0n) is 11.9. The number of hydrogen-bond donors (Lipinski definition) is 0. The minimum absolute atomic E-state index is 0.121. The smallest absolute Gasteiger partial charge is 0.236 e. The number of ether oxygens (including phenoxy) is 1. The number of hydrogen-bond acceptors (Lipinski definition) is 4. The molecule has 0 aliphatic carbocycles.